The summed E-state index contributed by atoms with van der Waals surface area (Å²) in [5.74, 6) is 0.0947. The Hall–Kier alpha value is -0.650. The minimum atomic E-state index is -0.0259. The zero-order valence-electron chi connectivity index (χ0n) is 11.9. The van der Waals surface area contributed by atoms with E-state index in [-0.39, 0.29) is 17.4 Å². The van der Waals surface area contributed by atoms with Crippen molar-refractivity contribution >= 4 is 5.91 Å². The molecule has 0 radical (unpaired) electrons. The molecular weight excluding hydrogens is 230 g/mol. The molecule has 0 aliphatic carbocycles. The van der Waals surface area contributed by atoms with Crippen molar-refractivity contribution < 1.29 is 9.53 Å². The van der Waals surface area contributed by atoms with Gasteiger partial charge in [0.2, 0.25) is 5.91 Å². The molecule has 1 aliphatic rings. The predicted molar refractivity (Wildman–Crippen MR) is 72.3 cm³/mol. The lowest BCUT2D eigenvalue weighted by atomic mass is 10.0. The van der Waals surface area contributed by atoms with Gasteiger partial charge in [-0.3, -0.25) is 9.69 Å². The lowest BCUT2D eigenvalue weighted by molar-refractivity contribution is -0.125. The van der Waals surface area contributed by atoms with Gasteiger partial charge in [-0.2, -0.15) is 0 Å². The normalized spacial score (nSPS) is 19.6. The second kappa shape index (κ2) is 7.07. The van der Waals surface area contributed by atoms with Gasteiger partial charge in [0, 0.05) is 31.1 Å². The molecule has 3 N–H and O–H groups in total. The number of ether oxygens (including phenoxy) is 1. The van der Waals surface area contributed by atoms with E-state index in [0.717, 1.165) is 32.7 Å². The molecule has 0 spiro atoms. The van der Waals surface area contributed by atoms with Gasteiger partial charge in [-0.1, -0.05) is 6.92 Å². The van der Waals surface area contributed by atoms with Crippen molar-refractivity contribution in [1.82, 2.24) is 10.2 Å². The van der Waals surface area contributed by atoms with Crippen LogP contribution in [0.3, 0.4) is 0 Å². The Balaban J connectivity index is 2.38. The lowest BCUT2D eigenvalue weighted by Crippen LogP contribution is -2.55. The van der Waals surface area contributed by atoms with E-state index in [9.17, 15) is 4.79 Å². The average Bonchev–Trinajstić information content (AvgIpc) is 2.37. The van der Waals surface area contributed by atoms with Crippen LogP contribution in [0, 0.1) is 5.92 Å². The Labute approximate surface area is 110 Å². The Bertz CT molecular complexity index is 263. The topological polar surface area (TPSA) is 67.6 Å². The highest BCUT2D eigenvalue weighted by atomic mass is 16.5. The summed E-state index contributed by atoms with van der Waals surface area (Å²) in [5.41, 5.74) is 5.44. The highest BCUT2D eigenvalue weighted by Crippen LogP contribution is 2.15. The molecule has 1 saturated heterocycles. The lowest BCUT2D eigenvalue weighted by Gasteiger charge is -2.41. The molecule has 1 rings (SSSR count). The van der Waals surface area contributed by atoms with Gasteiger partial charge in [0.1, 0.15) is 0 Å². The van der Waals surface area contributed by atoms with E-state index in [1.165, 1.54) is 0 Å². The van der Waals surface area contributed by atoms with Crippen LogP contribution in [0.25, 0.3) is 0 Å². The number of nitrogens with zero attached hydrogens (tertiary/aromatic N) is 1. The van der Waals surface area contributed by atoms with Crippen molar-refractivity contribution in [3.8, 4) is 0 Å². The van der Waals surface area contributed by atoms with Gasteiger partial charge < -0.3 is 15.8 Å². The van der Waals surface area contributed by atoms with Crippen LogP contribution >= 0.6 is 0 Å². The summed E-state index contributed by atoms with van der Waals surface area (Å²) in [6.07, 6.45) is 0.740. The Kier molecular flexibility index (Phi) is 6.05. The summed E-state index contributed by atoms with van der Waals surface area (Å²) in [6.45, 7) is 10.9. The molecule has 0 saturated carbocycles. The number of amides is 1. The summed E-state index contributed by atoms with van der Waals surface area (Å²) >= 11 is 0. The van der Waals surface area contributed by atoms with Crippen LogP contribution in [0.4, 0.5) is 0 Å². The number of rotatable bonds is 6. The highest BCUT2D eigenvalue weighted by molar-refractivity contribution is 5.78. The second-order valence-electron chi connectivity index (χ2n) is 5.61. The van der Waals surface area contributed by atoms with Crippen LogP contribution in [0.2, 0.25) is 0 Å². The van der Waals surface area contributed by atoms with Crippen molar-refractivity contribution in [3.05, 3.63) is 0 Å². The third kappa shape index (κ3) is 4.55. The maximum Gasteiger partial charge on any atom is 0.222 e. The largest absolute Gasteiger partial charge is 0.379 e. The fraction of sp³-hybridized carbons (Fsp3) is 0.923. The van der Waals surface area contributed by atoms with Crippen LogP contribution in [0.15, 0.2) is 0 Å². The van der Waals surface area contributed by atoms with Crippen molar-refractivity contribution in [3.63, 3.8) is 0 Å². The van der Waals surface area contributed by atoms with Crippen molar-refractivity contribution in [2.75, 3.05) is 39.4 Å². The van der Waals surface area contributed by atoms with Crippen molar-refractivity contribution in [1.29, 1.82) is 0 Å². The first-order valence-electron chi connectivity index (χ1n) is 6.78. The number of hydrogen-bond donors (Lipinski definition) is 2. The Morgan fingerprint density at radius 1 is 1.44 bits per heavy atom. The summed E-state index contributed by atoms with van der Waals surface area (Å²) in [5, 5.41) is 3.03. The third-order valence-corrected chi connectivity index (χ3v) is 3.61. The molecule has 0 aromatic carbocycles. The fourth-order valence-corrected chi connectivity index (χ4v) is 2.14. The van der Waals surface area contributed by atoms with Gasteiger partial charge in [-0.15, -0.1) is 0 Å². The van der Waals surface area contributed by atoms with Crippen LogP contribution < -0.4 is 11.1 Å². The van der Waals surface area contributed by atoms with Gasteiger partial charge in [0.25, 0.3) is 0 Å². The summed E-state index contributed by atoms with van der Waals surface area (Å²) in [7, 11) is 0. The Morgan fingerprint density at radius 3 is 2.61 bits per heavy atom. The summed E-state index contributed by atoms with van der Waals surface area (Å²) < 4.78 is 5.35. The maximum atomic E-state index is 11.9. The molecule has 1 amide bonds. The van der Waals surface area contributed by atoms with Crippen molar-refractivity contribution in [2.24, 2.45) is 11.7 Å². The SMILES string of the molecule is CC(CCN)C(=O)NCC(C)(C)N1CCOCC1. The first-order valence-corrected chi connectivity index (χ1v) is 6.78. The van der Waals surface area contributed by atoms with Crippen LogP contribution in [0.5, 0.6) is 0 Å². The summed E-state index contributed by atoms with van der Waals surface area (Å²) in [4.78, 5) is 14.2. The van der Waals surface area contributed by atoms with Gasteiger partial charge in [0.15, 0.2) is 0 Å². The molecule has 1 unspecified atom stereocenters. The molecule has 1 atom stereocenters. The third-order valence-electron chi connectivity index (χ3n) is 3.61. The van der Waals surface area contributed by atoms with Gasteiger partial charge in [0.05, 0.1) is 13.2 Å². The van der Waals surface area contributed by atoms with Crippen molar-refractivity contribution in [2.45, 2.75) is 32.7 Å². The summed E-state index contributed by atoms with van der Waals surface area (Å²) in [6, 6.07) is 0. The smallest absolute Gasteiger partial charge is 0.222 e. The molecular formula is C13H27N3O2. The average molecular weight is 257 g/mol. The van der Waals surface area contributed by atoms with Crippen LogP contribution in [0.1, 0.15) is 27.2 Å². The maximum absolute atomic E-state index is 11.9. The fourth-order valence-electron chi connectivity index (χ4n) is 2.14. The first kappa shape index (κ1) is 15.4. The number of carbonyl (C=O) groups is 1. The van der Waals surface area contributed by atoms with Crippen LogP contribution in [-0.2, 0) is 9.53 Å². The molecule has 0 aromatic heterocycles. The molecule has 0 bridgehead atoms. The minimum absolute atomic E-state index is 0.00418. The molecule has 1 fully saturated rings. The number of carbonyl (C=O) groups excluding carboxylic acids is 1. The second-order valence-corrected chi connectivity index (χ2v) is 5.61. The molecule has 0 aromatic rings. The van der Waals surface area contributed by atoms with Crippen LogP contribution in [-0.4, -0.2) is 55.7 Å². The van der Waals surface area contributed by atoms with E-state index >= 15 is 0 Å². The van der Waals surface area contributed by atoms with E-state index in [1.807, 2.05) is 6.92 Å². The Morgan fingerprint density at radius 2 is 2.06 bits per heavy atom. The number of hydrogen-bond acceptors (Lipinski definition) is 4. The molecule has 5 heteroatoms. The molecule has 5 nitrogen and oxygen atoms in total. The number of nitrogens with one attached hydrogen (secondary N) is 1. The van der Waals surface area contributed by atoms with Gasteiger partial charge >= 0.3 is 0 Å². The molecule has 106 valence electrons. The standard InChI is InChI=1S/C13H27N3O2/c1-11(4-5-14)12(17)15-10-13(2,3)16-6-8-18-9-7-16/h11H,4-10,14H2,1-3H3,(H,15,17). The van der Waals surface area contributed by atoms with E-state index in [4.69, 9.17) is 10.5 Å². The van der Waals surface area contributed by atoms with Gasteiger partial charge in [-0.25, -0.2) is 0 Å². The minimum Gasteiger partial charge on any atom is -0.379 e. The van der Waals surface area contributed by atoms with E-state index in [2.05, 4.69) is 24.1 Å². The number of morpholine rings is 1. The van der Waals surface area contributed by atoms with E-state index in [1.54, 1.807) is 0 Å². The zero-order valence-corrected chi connectivity index (χ0v) is 11.9. The zero-order chi connectivity index (χ0) is 13.6. The predicted octanol–water partition coefficient (Wildman–Crippen LogP) is 0.198. The molecule has 1 aliphatic heterocycles. The molecule has 18 heavy (non-hydrogen) atoms. The first-order chi connectivity index (χ1) is 8.47. The number of nitrogens with two attached hydrogens (primary N) is 1. The molecule has 1 heterocycles. The highest BCUT2D eigenvalue weighted by Gasteiger charge is 2.28. The van der Waals surface area contributed by atoms with E-state index in [0.29, 0.717) is 13.1 Å². The van der Waals surface area contributed by atoms with Gasteiger partial charge in [-0.05, 0) is 26.8 Å². The van der Waals surface area contributed by atoms with E-state index < -0.39 is 0 Å². The monoisotopic (exact) mass is 257 g/mol. The quantitative estimate of drug-likeness (QED) is 0.713.